The maximum Gasteiger partial charge on any atom is 0.227 e. The molecule has 1 saturated heterocycles. The zero-order valence-corrected chi connectivity index (χ0v) is 16.7. The highest BCUT2D eigenvalue weighted by atomic mass is 19.1. The first kappa shape index (κ1) is 19.2. The molecule has 0 saturated carbocycles. The summed E-state index contributed by atoms with van der Waals surface area (Å²) < 4.78 is 15.3. The van der Waals surface area contributed by atoms with Crippen LogP contribution in [0.25, 0.3) is 5.69 Å². The summed E-state index contributed by atoms with van der Waals surface area (Å²) in [5.74, 6) is 0.580. The lowest BCUT2D eigenvalue weighted by Gasteiger charge is -2.33. The minimum Gasteiger partial charge on any atom is -0.355 e. The van der Waals surface area contributed by atoms with Gasteiger partial charge in [0, 0.05) is 42.3 Å². The molecule has 1 fully saturated rings. The molecule has 0 radical (unpaired) electrons. The number of halogens is 1. The van der Waals surface area contributed by atoms with E-state index in [1.807, 2.05) is 12.3 Å². The second kappa shape index (κ2) is 8.07. The van der Waals surface area contributed by atoms with E-state index >= 15 is 0 Å². The first-order valence-electron chi connectivity index (χ1n) is 9.94. The van der Waals surface area contributed by atoms with Crippen molar-refractivity contribution in [2.45, 2.75) is 26.7 Å². The van der Waals surface area contributed by atoms with Crippen molar-refractivity contribution in [2.75, 3.05) is 23.3 Å². The van der Waals surface area contributed by atoms with Gasteiger partial charge in [0.2, 0.25) is 5.91 Å². The Morgan fingerprint density at radius 2 is 1.69 bits per heavy atom. The van der Waals surface area contributed by atoms with Gasteiger partial charge >= 0.3 is 0 Å². The summed E-state index contributed by atoms with van der Waals surface area (Å²) in [7, 11) is 0. The Labute approximate surface area is 170 Å². The maximum absolute atomic E-state index is 13.0. The maximum atomic E-state index is 13.0. The molecule has 5 nitrogen and oxygen atoms in total. The predicted octanol–water partition coefficient (Wildman–Crippen LogP) is 4.48. The number of anilines is 2. The first-order chi connectivity index (χ1) is 14.0. The number of hydrogen-bond acceptors (Lipinski definition) is 3. The fourth-order valence-electron chi connectivity index (χ4n) is 3.99. The number of aromatic nitrogens is 2. The largest absolute Gasteiger partial charge is 0.355 e. The van der Waals surface area contributed by atoms with E-state index in [-0.39, 0.29) is 17.6 Å². The molecule has 1 amide bonds. The molecule has 0 spiro atoms. The molecular weight excluding hydrogens is 367 g/mol. The van der Waals surface area contributed by atoms with Gasteiger partial charge in [0.05, 0.1) is 5.69 Å². The summed E-state index contributed by atoms with van der Waals surface area (Å²) in [4.78, 5) is 19.5. The van der Waals surface area contributed by atoms with E-state index in [0.29, 0.717) is 5.69 Å². The lowest BCUT2D eigenvalue weighted by Crippen LogP contribution is -2.39. The van der Waals surface area contributed by atoms with Crippen molar-refractivity contribution in [3.8, 4) is 5.69 Å². The Morgan fingerprint density at radius 1 is 1.03 bits per heavy atom. The van der Waals surface area contributed by atoms with Crippen LogP contribution in [0, 0.1) is 25.6 Å². The number of nitrogens with zero attached hydrogens (tertiary/aromatic N) is 3. The average Bonchev–Trinajstić information content (AvgIpc) is 3.08. The molecule has 29 heavy (non-hydrogen) atoms. The molecule has 150 valence electrons. The summed E-state index contributed by atoms with van der Waals surface area (Å²) in [5, 5.41) is 2.90. The molecule has 6 heteroatoms. The number of carbonyl (C=O) groups is 1. The minimum absolute atomic E-state index is 0.00500. The number of benzene rings is 1. The molecule has 1 aliphatic rings. The third-order valence-corrected chi connectivity index (χ3v) is 5.56. The number of rotatable bonds is 4. The van der Waals surface area contributed by atoms with Crippen LogP contribution in [-0.4, -0.2) is 28.5 Å². The second-order valence-electron chi connectivity index (χ2n) is 7.56. The second-order valence-corrected chi connectivity index (χ2v) is 7.56. The van der Waals surface area contributed by atoms with Gasteiger partial charge in [0.25, 0.3) is 0 Å². The molecule has 1 aliphatic heterocycles. The van der Waals surface area contributed by atoms with Crippen LogP contribution < -0.4 is 10.2 Å². The van der Waals surface area contributed by atoms with Gasteiger partial charge in [-0.3, -0.25) is 4.79 Å². The van der Waals surface area contributed by atoms with Crippen LogP contribution in [0.4, 0.5) is 15.9 Å². The van der Waals surface area contributed by atoms with E-state index < -0.39 is 0 Å². The van der Waals surface area contributed by atoms with Crippen molar-refractivity contribution < 1.29 is 9.18 Å². The van der Waals surface area contributed by atoms with E-state index in [2.05, 4.69) is 51.8 Å². The Balaban J connectivity index is 1.45. The van der Waals surface area contributed by atoms with Gasteiger partial charge in [-0.15, -0.1) is 0 Å². The third-order valence-electron chi connectivity index (χ3n) is 5.56. The quantitative estimate of drug-likeness (QED) is 0.712. The van der Waals surface area contributed by atoms with Crippen molar-refractivity contribution >= 4 is 17.4 Å². The molecular formula is C23H25FN4O. The standard InChI is InChI=1S/C23H25FN4O/c1-16-5-6-17(2)28(16)21-4-3-13-25-22(21)27-14-11-18(12-15-27)23(29)26-20-9-7-19(24)8-10-20/h3-10,13,18H,11-12,14-15H2,1-2H3,(H,26,29). The van der Waals surface area contributed by atoms with Gasteiger partial charge in [-0.2, -0.15) is 0 Å². The summed E-state index contributed by atoms with van der Waals surface area (Å²) in [5.41, 5.74) is 4.04. The van der Waals surface area contributed by atoms with Crippen LogP contribution in [0.3, 0.4) is 0 Å². The van der Waals surface area contributed by atoms with Gasteiger partial charge in [0.1, 0.15) is 5.82 Å². The number of hydrogen-bond donors (Lipinski definition) is 1. The summed E-state index contributed by atoms with van der Waals surface area (Å²) >= 11 is 0. The van der Waals surface area contributed by atoms with Crippen molar-refractivity contribution in [1.29, 1.82) is 0 Å². The Kier molecular flexibility index (Phi) is 5.34. The van der Waals surface area contributed by atoms with Crippen LogP contribution in [0.5, 0.6) is 0 Å². The van der Waals surface area contributed by atoms with Crippen LogP contribution >= 0.6 is 0 Å². The SMILES string of the molecule is Cc1ccc(C)n1-c1cccnc1N1CCC(C(=O)Nc2ccc(F)cc2)CC1. The van der Waals surface area contributed by atoms with Crippen LogP contribution in [0.1, 0.15) is 24.2 Å². The van der Waals surface area contributed by atoms with Gasteiger partial charge in [-0.05, 0) is 75.2 Å². The lowest BCUT2D eigenvalue weighted by molar-refractivity contribution is -0.120. The smallest absolute Gasteiger partial charge is 0.227 e. The van der Waals surface area contributed by atoms with E-state index in [0.717, 1.165) is 37.4 Å². The van der Waals surface area contributed by atoms with Crippen molar-refractivity contribution in [3.05, 3.63) is 71.9 Å². The fourth-order valence-corrected chi connectivity index (χ4v) is 3.99. The Morgan fingerprint density at radius 3 is 2.34 bits per heavy atom. The fraction of sp³-hybridized carbons (Fsp3) is 0.304. The molecule has 0 aliphatic carbocycles. The first-order valence-corrected chi connectivity index (χ1v) is 9.94. The molecule has 4 rings (SSSR count). The normalized spacial score (nSPS) is 14.8. The summed E-state index contributed by atoms with van der Waals surface area (Å²) in [6.45, 7) is 5.72. The molecule has 1 N–H and O–H groups in total. The average molecular weight is 392 g/mol. The third kappa shape index (κ3) is 4.01. The zero-order chi connectivity index (χ0) is 20.4. The summed E-state index contributed by atoms with van der Waals surface area (Å²) in [6, 6.07) is 14.2. The Hall–Kier alpha value is -3.15. The topological polar surface area (TPSA) is 50.2 Å². The van der Waals surface area contributed by atoms with Gasteiger partial charge in [-0.25, -0.2) is 9.37 Å². The lowest BCUT2D eigenvalue weighted by atomic mass is 9.95. The highest BCUT2D eigenvalue weighted by molar-refractivity contribution is 5.92. The molecule has 0 unspecified atom stereocenters. The highest BCUT2D eigenvalue weighted by Gasteiger charge is 2.27. The number of carbonyl (C=O) groups excluding carboxylic acids is 1. The molecule has 3 aromatic rings. The summed E-state index contributed by atoms with van der Waals surface area (Å²) in [6.07, 6.45) is 3.33. The molecule has 0 atom stereocenters. The molecule has 3 heterocycles. The van der Waals surface area contributed by atoms with E-state index in [1.54, 1.807) is 12.1 Å². The zero-order valence-electron chi connectivity index (χ0n) is 16.7. The van der Waals surface area contributed by atoms with Crippen molar-refractivity contribution in [3.63, 3.8) is 0 Å². The van der Waals surface area contributed by atoms with Gasteiger partial charge < -0.3 is 14.8 Å². The predicted molar refractivity (Wildman–Crippen MR) is 113 cm³/mol. The van der Waals surface area contributed by atoms with Gasteiger partial charge in [-0.1, -0.05) is 0 Å². The van der Waals surface area contributed by atoms with Crippen LogP contribution in [-0.2, 0) is 4.79 Å². The number of nitrogens with one attached hydrogen (secondary N) is 1. The highest BCUT2D eigenvalue weighted by Crippen LogP contribution is 2.29. The number of amides is 1. The van der Waals surface area contributed by atoms with Crippen molar-refractivity contribution in [2.24, 2.45) is 5.92 Å². The van der Waals surface area contributed by atoms with E-state index in [1.165, 1.54) is 23.5 Å². The van der Waals surface area contributed by atoms with Crippen LogP contribution in [0.15, 0.2) is 54.7 Å². The number of pyridine rings is 1. The number of aryl methyl sites for hydroxylation is 2. The molecule has 1 aromatic carbocycles. The number of piperidine rings is 1. The van der Waals surface area contributed by atoms with Gasteiger partial charge in [0.15, 0.2) is 5.82 Å². The van der Waals surface area contributed by atoms with Crippen LogP contribution in [0.2, 0.25) is 0 Å². The van der Waals surface area contributed by atoms with E-state index in [4.69, 9.17) is 0 Å². The van der Waals surface area contributed by atoms with E-state index in [9.17, 15) is 9.18 Å². The molecule has 0 bridgehead atoms. The monoisotopic (exact) mass is 392 g/mol. The molecule has 2 aromatic heterocycles. The Bertz CT molecular complexity index is 984. The minimum atomic E-state index is -0.310. The van der Waals surface area contributed by atoms with Crippen molar-refractivity contribution in [1.82, 2.24) is 9.55 Å².